The summed E-state index contributed by atoms with van der Waals surface area (Å²) in [6, 6.07) is 6.73. The van der Waals surface area contributed by atoms with Gasteiger partial charge in [0.1, 0.15) is 5.75 Å². The number of para-hydroxylation sites is 1. The molecule has 1 aromatic rings. The number of aliphatic carboxylic acids is 1. The third-order valence-electron chi connectivity index (χ3n) is 1.19. The molecule has 0 aromatic heterocycles. The summed E-state index contributed by atoms with van der Waals surface area (Å²) in [5, 5.41) is 8.71. The van der Waals surface area contributed by atoms with Crippen molar-refractivity contribution in [1.82, 2.24) is 0 Å². The first-order valence-electron chi connectivity index (χ1n) is 3.29. The zero-order valence-electron chi connectivity index (χ0n) is 8.87. The predicted molar refractivity (Wildman–Crippen MR) is 52.6 cm³/mol. The zero-order chi connectivity index (χ0) is 8.97. The van der Waals surface area contributed by atoms with Crippen molar-refractivity contribution in [2.24, 2.45) is 0 Å². The van der Waals surface area contributed by atoms with Gasteiger partial charge in [0.25, 0.3) is 0 Å². The SMILES string of the molecule is O=C(O)COc1ccccc1Cl.[H-].[H-].[Mg+2]. The number of hydrogen-bond acceptors (Lipinski definition) is 2. The van der Waals surface area contributed by atoms with E-state index >= 15 is 0 Å². The number of halogens is 1. The van der Waals surface area contributed by atoms with Gasteiger partial charge in [0, 0.05) is 0 Å². The molecular formula is C8H9ClMgO3. The first-order valence-corrected chi connectivity index (χ1v) is 3.67. The molecule has 68 valence electrons. The second-order valence-electron chi connectivity index (χ2n) is 2.11. The zero-order valence-corrected chi connectivity index (χ0v) is 9.04. The summed E-state index contributed by atoms with van der Waals surface area (Å²) in [4.78, 5) is 10.1. The molecule has 13 heavy (non-hydrogen) atoms. The minimum absolute atomic E-state index is 0. The second kappa shape index (κ2) is 6.07. The van der Waals surface area contributed by atoms with Crippen molar-refractivity contribution in [3.8, 4) is 5.75 Å². The van der Waals surface area contributed by atoms with Gasteiger partial charge in [-0.1, -0.05) is 23.7 Å². The number of ether oxygens (including phenoxy) is 1. The molecule has 1 rings (SSSR count). The van der Waals surface area contributed by atoms with Gasteiger partial charge in [-0.25, -0.2) is 4.79 Å². The minimum Gasteiger partial charge on any atom is -1.00 e. The summed E-state index contributed by atoms with van der Waals surface area (Å²) >= 11 is 5.69. The molecule has 0 spiro atoms. The largest absolute Gasteiger partial charge is 2.00 e. The van der Waals surface area contributed by atoms with E-state index in [1.54, 1.807) is 24.3 Å². The number of rotatable bonds is 3. The Kier molecular flexibility index (Phi) is 5.86. The Morgan fingerprint density at radius 2 is 2.15 bits per heavy atom. The smallest absolute Gasteiger partial charge is 1.00 e. The first-order chi connectivity index (χ1) is 5.70. The van der Waals surface area contributed by atoms with E-state index in [2.05, 4.69) is 0 Å². The Morgan fingerprint density at radius 1 is 1.54 bits per heavy atom. The van der Waals surface area contributed by atoms with E-state index in [-0.39, 0.29) is 32.5 Å². The van der Waals surface area contributed by atoms with Gasteiger partial charge in [-0.2, -0.15) is 0 Å². The maximum atomic E-state index is 10.1. The maximum absolute atomic E-state index is 10.1. The Morgan fingerprint density at radius 3 is 2.69 bits per heavy atom. The molecule has 0 aliphatic rings. The molecule has 0 amide bonds. The minimum atomic E-state index is -1.02. The molecule has 0 bridgehead atoms. The van der Waals surface area contributed by atoms with Gasteiger partial charge in [-0.15, -0.1) is 0 Å². The molecule has 5 heteroatoms. The summed E-state index contributed by atoms with van der Waals surface area (Å²) in [5.41, 5.74) is 0. The Balaban J connectivity index is -0.000000480. The van der Waals surface area contributed by atoms with Crippen LogP contribution in [0.3, 0.4) is 0 Å². The van der Waals surface area contributed by atoms with Crippen molar-refractivity contribution in [3.63, 3.8) is 0 Å². The standard InChI is InChI=1S/C8H7ClO3.Mg.2H/c9-6-3-1-2-4-7(6)12-5-8(10)11;;;/h1-4H,5H2,(H,10,11);;;/q;+2;2*-1. The van der Waals surface area contributed by atoms with Crippen molar-refractivity contribution >= 4 is 40.6 Å². The third-order valence-corrected chi connectivity index (χ3v) is 1.50. The van der Waals surface area contributed by atoms with E-state index in [1.807, 2.05) is 0 Å². The third kappa shape index (κ3) is 4.35. The van der Waals surface area contributed by atoms with Crippen LogP contribution in [-0.4, -0.2) is 40.7 Å². The van der Waals surface area contributed by atoms with E-state index in [1.165, 1.54) is 0 Å². The van der Waals surface area contributed by atoms with Gasteiger partial charge in [-0.3, -0.25) is 0 Å². The monoisotopic (exact) mass is 212 g/mol. The van der Waals surface area contributed by atoms with Gasteiger partial charge in [-0.05, 0) is 12.1 Å². The molecule has 0 radical (unpaired) electrons. The fourth-order valence-corrected chi connectivity index (χ4v) is 0.892. The van der Waals surface area contributed by atoms with E-state index < -0.39 is 5.97 Å². The molecule has 0 heterocycles. The van der Waals surface area contributed by atoms with E-state index in [4.69, 9.17) is 21.4 Å². The predicted octanol–water partition coefficient (Wildman–Crippen LogP) is 1.65. The van der Waals surface area contributed by atoms with Gasteiger partial charge >= 0.3 is 29.0 Å². The van der Waals surface area contributed by atoms with E-state index in [9.17, 15) is 4.79 Å². The average molecular weight is 213 g/mol. The van der Waals surface area contributed by atoms with E-state index in [0.717, 1.165) is 0 Å². The molecule has 1 aromatic carbocycles. The number of carboxylic acid groups (broad SMARTS) is 1. The van der Waals surface area contributed by atoms with Crippen LogP contribution in [0.25, 0.3) is 0 Å². The number of carbonyl (C=O) groups is 1. The maximum Gasteiger partial charge on any atom is 2.00 e. The molecule has 0 saturated heterocycles. The topological polar surface area (TPSA) is 46.5 Å². The Hall–Kier alpha value is -0.454. The van der Waals surface area contributed by atoms with Crippen molar-refractivity contribution in [2.45, 2.75) is 0 Å². The molecule has 0 atom stereocenters. The molecule has 1 N–H and O–H groups in total. The van der Waals surface area contributed by atoms with Crippen molar-refractivity contribution in [1.29, 1.82) is 0 Å². The first kappa shape index (κ1) is 12.5. The van der Waals surface area contributed by atoms with E-state index in [0.29, 0.717) is 10.8 Å². The van der Waals surface area contributed by atoms with Crippen molar-refractivity contribution < 1.29 is 17.5 Å². The molecule has 0 fully saturated rings. The number of carboxylic acids is 1. The van der Waals surface area contributed by atoms with Crippen LogP contribution in [0.5, 0.6) is 5.75 Å². The average Bonchev–Trinajstić information content (AvgIpc) is 2.03. The van der Waals surface area contributed by atoms with Gasteiger partial charge in [0.15, 0.2) is 6.61 Å². The number of hydrogen-bond donors (Lipinski definition) is 1. The van der Waals surface area contributed by atoms with Crippen molar-refractivity contribution in [2.75, 3.05) is 6.61 Å². The van der Waals surface area contributed by atoms with Gasteiger partial charge in [0.2, 0.25) is 0 Å². The van der Waals surface area contributed by atoms with Crippen LogP contribution < -0.4 is 4.74 Å². The summed E-state index contributed by atoms with van der Waals surface area (Å²) < 4.78 is 4.87. The molecule has 0 aliphatic heterocycles. The van der Waals surface area contributed by atoms with Crippen LogP contribution in [0.4, 0.5) is 0 Å². The van der Waals surface area contributed by atoms with Crippen LogP contribution >= 0.6 is 11.6 Å². The summed E-state index contributed by atoms with van der Waals surface area (Å²) in [5.74, 6) is -0.628. The number of benzene rings is 1. The van der Waals surface area contributed by atoms with Crippen LogP contribution in [0.1, 0.15) is 2.85 Å². The Bertz CT molecular complexity index is 299. The molecule has 0 unspecified atom stereocenters. The quantitative estimate of drug-likeness (QED) is 0.776. The summed E-state index contributed by atoms with van der Waals surface area (Å²) in [7, 11) is 0. The van der Waals surface area contributed by atoms with Crippen LogP contribution in [0.15, 0.2) is 24.3 Å². The molecular weight excluding hydrogens is 204 g/mol. The van der Waals surface area contributed by atoms with Gasteiger partial charge in [0.05, 0.1) is 5.02 Å². The summed E-state index contributed by atoms with van der Waals surface area (Å²) in [6.45, 7) is -0.371. The fraction of sp³-hybridized carbons (Fsp3) is 0.125. The van der Waals surface area contributed by atoms with Crippen molar-refractivity contribution in [3.05, 3.63) is 29.3 Å². The Labute approximate surface area is 99.8 Å². The molecule has 0 saturated carbocycles. The fourth-order valence-electron chi connectivity index (χ4n) is 0.701. The van der Waals surface area contributed by atoms with Crippen LogP contribution in [0, 0.1) is 0 Å². The normalized spacial score (nSPS) is 8.69. The summed E-state index contributed by atoms with van der Waals surface area (Å²) in [6.07, 6.45) is 0. The van der Waals surface area contributed by atoms with Crippen LogP contribution in [0.2, 0.25) is 5.02 Å². The van der Waals surface area contributed by atoms with Crippen LogP contribution in [-0.2, 0) is 4.79 Å². The van der Waals surface area contributed by atoms with Gasteiger partial charge < -0.3 is 12.7 Å². The molecule has 3 nitrogen and oxygen atoms in total. The molecule has 0 aliphatic carbocycles. The second-order valence-corrected chi connectivity index (χ2v) is 2.52.